The molecule has 2 rings (SSSR count). The molecule has 16 heavy (non-hydrogen) atoms. The lowest BCUT2D eigenvalue weighted by molar-refractivity contribution is 1.31. The van der Waals surface area contributed by atoms with Gasteiger partial charge in [-0.15, -0.1) is 0 Å². The Labute approximate surface area is 94.6 Å². The highest BCUT2D eigenvalue weighted by atomic mass is 15.3. The van der Waals surface area contributed by atoms with Crippen molar-refractivity contribution >= 4 is 11.5 Å². The number of para-hydroxylation sites is 1. The first-order chi connectivity index (χ1) is 7.86. The summed E-state index contributed by atoms with van der Waals surface area (Å²) < 4.78 is 0. The molecular formula is C13H13N3. The number of anilines is 1. The van der Waals surface area contributed by atoms with Gasteiger partial charge in [0.2, 0.25) is 0 Å². The molecule has 80 valence electrons. The molecular weight excluding hydrogens is 198 g/mol. The first-order valence-corrected chi connectivity index (χ1v) is 5.06. The Bertz CT molecular complexity index is 463. The maximum absolute atomic E-state index is 5.83. The van der Waals surface area contributed by atoms with E-state index in [2.05, 4.69) is 10.5 Å². The molecule has 3 nitrogen and oxygen atoms in total. The predicted octanol–water partition coefficient (Wildman–Crippen LogP) is 2.42. The van der Waals surface area contributed by atoms with Crippen molar-refractivity contribution in [3.05, 3.63) is 66.2 Å². The monoisotopic (exact) mass is 211 g/mol. The molecule has 0 saturated carbocycles. The third kappa shape index (κ3) is 2.60. The van der Waals surface area contributed by atoms with Crippen molar-refractivity contribution in [2.75, 3.05) is 5.43 Å². The maximum atomic E-state index is 5.83. The quantitative estimate of drug-likeness (QED) is 0.465. The van der Waals surface area contributed by atoms with Gasteiger partial charge >= 0.3 is 0 Å². The number of hydrogen-bond donors (Lipinski definition) is 2. The third-order valence-electron chi connectivity index (χ3n) is 2.15. The Kier molecular flexibility index (Phi) is 3.18. The lowest BCUT2D eigenvalue weighted by Crippen LogP contribution is -2.15. The average molecular weight is 211 g/mol. The normalized spacial score (nSPS) is 11.1. The largest absolute Gasteiger partial charge is 0.382 e. The van der Waals surface area contributed by atoms with E-state index in [9.17, 15) is 0 Å². The van der Waals surface area contributed by atoms with Gasteiger partial charge in [-0.3, -0.25) is 5.43 Å². The van der Waals surface area contributed by atoms with E-state index < -0.39 is 0 Å². The maximum Gasteiger partial charge on any atom is 0.150 e. The smallest absolute Gasteiger partial charge is 0.150 e. The van der Waals surface area contributed by atoms with Gasteiger partial charge in [-0.25, -0.2) is 0 Å². The lowest BCUT2D eigenvalue weighted by atomic mass is 10.2. The first kappa shape index (κ1) is 10.2. The van der Waals surface area contributed by atoms with Gasteiger partial charge in [0.05, 0.1) is 5.69 Å². The van der Waals surface area contributed by atoms with Crippen molar-refractivity contribution in [3.8, 4) is 0 Å². The fourth-order valence-electron chi connectivity index (χ4n) is 1.31. The molecule has 0 fully saturated rings. The van der Waals surface area contributed by atoms with Crippen LogP contribution < -0.4 is 11.2 Å². The van der Waals surface area contributed by atoms with E-state index in [0.717, 1.165) is 11.3 Å². The Morgan fingerprint density at radius 1 is 0.875 bits per heavy atom. The molecule has 0 bridgehead atoms. The minimum atomic E-state index is 0.476. The number of nitrogens with one attached hydrogen (secondary N) is 1. The van der Waals surface area contributed by atoms with E-state index in [1.165, 1.54) is 0 Å². The van der Waals surface area contributed by atoms with E-state index in [4.69, 9.17) is 5.73 Å². The number of nitrogens with zero attached hydrogens (tertiary/aromatic N) is 1. The number of nitrogens with two attached hydrogens (primary N) is 1. The first-order valence-electron chi connectivity index (χ1n) is 5.06. The predicted molar refractivity (Wildman–Crippen MR) is 67.2 cm³/mol. The fraction of sp³-hybridized carbons (Fsp3) is 0. The standard InChI is InChI=1S/C13H13N3/c14-13(11-7-3-1-4-8-11)16-15-12-9-5-2-6-10-12/h1-10,15H,(H2,14,16). The Morgan fingerprint density at radius 3 is 2.06 bits per heavy atom. The minimum Gasteiger partial charge on any atom is -0.382 e. The molecule has 2 aromatic carbocycles. The molecule has 3 heteroatoms. The molecule has 0 radical (unpaired) electrons. The summed E-state index contributed by atoms with van der Waals surface area (Å²) in [5, 5.41) is 4.11. The second-order valence-corrected chi connectivity index (χ2v) is 3.34. The van der Waals surface area contributed by atoms with Gasteiger partial charge in [0.1, 0.15) is 0 Å². The van der Waals surface area contributed by atoms with E-state index in [0.29, 0.717) is 5.84 Å². The third-order valence-corrected chi connectivity index (χ3v) is 2.15. The van der Waals surface area contributed by atoms with Crippen LogP contribution in [0.15, 0.2) is 65.8 Å². The SMILES string of the molecule is N/C(=N\Nc1ccccc1)c1ccccc1. The molecule has 0 aliphatic heterocycles. The van der Waals surface area contributed by atoms with Crippen molar-refractivity contribution in [2.24, 2.45) is 10.8 Å². The van der Waals surface area contributed by atoms with Crippen molar-refractivity contribution in [2.45, 2.75) is 0 Å². The zero-order valence-electron chi connectivity index (χ0n) is 8.80. The Morgan fingerprint density at radius 2 is 1.44 bits per heavy atom. The van der Waals surface area contributed by atoms with Gasteiger partial charge in [-0.2, -0.15) is 5.10 Å². The molecule has 0 aliphatic carbocycles. The highest BCUT2D eigenvalue weighted by Gasteiger charge is 1.95. The van der Waals surface area contributed by atoms with Gasteiger partial charge in [0.15, 0.2) is 5.84 Å². The van der Waals surface area contributed by atoms with Gasteiger partial charge < -0.3 is 5.73 Å². The van der Waals surface area contributed by atoms with Crippen LogP contribution >= 0.6 is 0 Å². The number of hydrazone groups is 1. The zero-order valence-corrected chi connectivity index (χ0v) is 8.80. The van der Waals surface area contributed by atoms with Crippen LogP contribution in [-0.2, 0) is 0 Å². The second kappa shape index (κ2) is 4.98. The summed E-state index contributed by atoms with van der Waals surface area (Å²) in [4.78, 5) is 0. The molecule has 0 heterocycles. The molecule has 0 atom stereocenters. The van der Waals surface area contributed by atoms with E-state index >= 15 is 0 Å². The average Bonchev–Trinajstić information content (AvgIpc) is 2.38. The topological polar surface area (TPSA) is 50.4 Å². The number of rotatable bonds is 3. The van der Waals surface area contributed by atoms with Crippen molar-refractivity contribution in [1.29, 1.82) is 0 Å². The van der Waals surface area contributed by atoms with E-state index in [1.54, 1.807) is 0 Å². The zero-order chi connectivity index (χ0) is 11.2. The van der Waals surface area contributed by atoms with Crippen LogP contribution in [0.5, 0.6) is 0 Å². The minimum absolute atomic E-state index is 0.476. The summed E-state index contributed by atoms with van der Waals surface area (Å²) in [6.07, 6.45) is 0. The summed E-state index contributed by atoms with van der Waals surface area (Å²) in [5.74, 6) is 0.476. The number of hydrogen-bond acceptors (Lipinski definition) is 2. The van der Waals surface area contributed by atoms with Crippen LogP contribution in [0, 0.1) is 0 Å². The van der Waals surface area contributed by atoms with Gasteiger partial charge in [0, 0.05) is 5.56 Å². The molecule has 0 aromatic heterocycles. The van der Waals surface area contributed by atoms with Crippen molar-refractivity contribution in [3.63, 3.8) is 0 Å². The molecule has 0 unspecified atom stereocenters. The number of amidine groups is 1. The summed E-state index contributed by atoms with van der Waals surface area (Å²) in [5.41, 5.74) is 10.6. The molecule has 0 spiro atoms. The van der Waals surface area contributed by atoms with E-state index in [-0.39, 0.29) is 0 Å². The second-order valence-electron chi connectivity index (χ2n) is 3.34. The van der Waals surface area contributed by atoms with Crippen LogP contribution in [0.2, 0.25) is 0 Å². The van der Waals surface area contributed by atoms with E-state index in [1.807, 2.05) is 60.7 Å². The van der Waals surface area contributed by atoms with Gasteiger partial charge in [-0.1, -0.05) is 48.5 Å². The molecule has 0 saturated heterocycles. The highest BCUT2D eigenvalue weighted by Crippen LogP contribution is 2.05. The summed E-state index contributed by atoms with van der Waals surface area (Å²) in [6, 6.07) is 19.4. The Hall–Kier alpha value is -2.29. The lowest BCUT2D eigenvalue weighted by Gasteiger charge is -2.02. The van der Waals surface area contributed by atoms with Crippen LogP contribution in [0.4, 0.5) is 5.69 Å². The molecule has 2 aromatic rings. The van der Waals surface area contributed by atoms with Crippen LogP contribution in [0.25, 0.3) is 0 Å². The number of benzene rings is 2. The van der Waals surface area contributed by atoms with Crippen LogP contribution in [-0.4, -0.2) is 5.84 Å². The molecule has 0 aliphatic rings. The highest BCUT2D eigenvalue weighted by molar-refractivity contribution is 5.97. The van der Waals surface area contributed by atoms with Gasteiger partial charge in [0.25, 0.3) is 0 Å². The Balaban J connectivity index is 2.09. The van der Waals surface area contributed by atoms with Crippen molar-refractivity contribution in [1.82, 2.24) is 0 Å². The molecule has 0 amide bonds. The van der Waals surface area contributed by atoms with Crippen molar-refractivity contribution < 1.29 is 0 Å². The summed E-state index contributed by atoms with van der Waals surface area (Å²) >= 11 is 0. The summed E-state index contributed by atoms with van der Waals surface area (Å²) in [6.45, 7) is 0. The van der Waals surface area contributed by atoms with Gasteiger partial charge in [-0.05, 0) is 12.1 Å². The molecule has 3 N–H and O–H groups in total. The fourth-order valence-corrected chi connectivity index (χ4v) is 1.31. The van der Waals surface area contributed by atoms with Crippen LogP contribution in [0.3, 0.4) is 0 Å². The van der Waals surface area contributed by atoms with Crippen LogP contribution in [0.1, 0.15) is 5.56 Å². The summed E-state index contributed by atoms with van der Waals surface area (Å²) in [7, 11) is 0.